The molecule has 2 rings (SSSR count). The molecule has 2 heterocycles. The molecule has 0 aliphatic carbocycles. The third-order valence-corrected chi connectivity index (χ3v) is 3.61. The Balaban J connectivity index is 1.57. The summed E-state index contributed by atoms with van der Waals surface area (Å²) in [4.78, 5) is 3.98. The summed E-state index contributed by atoms with van der Waals surface area (Å²) >= 11 is 5.91. The van der Waals surface area contributed by atoms with E-state index in [1.807, 2.05) is 12.1 Å². The van der Waals surface area contributed by atoms with Crippen LogP contribution in [-0.4, -0.2) is 24.8 Å². The second-order valence-corrected chi connectivity index (χ2v) is 5.05. The summed E-state index contributed by atoms with van der Waals surface area (Å²) in [5, 5.41) is 0.446. The number of unbranched alkanes of at least 4 members (excludes halogenated alkanes) is 1. The monoisotopic (exact) mass is 269 g/mol. The molecule has 3 nitrogen and oxygen atoms in total. The lowest BCUT2D eigenvalue weighted by Crippen LogP contribution is -2.15. The van der Waals surface area contributed by atoms with Crippen LogP contribution >= 0.6 is 11.6 Å². The van der Waals surface area contributed by atoms with Gasteiger partial charge in [-0.25, -0.2) is 4.98 Å². The fourth-order valence-corrected chi connectivity index (χ4v) is 2.41. The minimum atomic E-state index is 0.446. The molecule has 1 aliphatic heterocycles. The molecule has 0 atom stereocenters. The first-order chi connectivity index (χ1) is 8.86. The average molecular weight is 270 g/mol. The SMILES string of the molecule is Clc1ncccc1OCCCCC1CCOCC1. The number of nitrogens with zero attached hydrogens (tertiary/aromatic N) is 1. The Bertz CT molecular complexity index is 353. The first kappa shape index (κ1) is 13.6. The molecule has 0 saturated carbocycles. The summed E-state index contributed by atoms with van der Waals surface area (Å²) < 4.78 is 11.0. The van der Waals surface area contributed by atoms with Crippen molar-refractivity contribution in [1.29, 1.82) is 0 Å². The number of halogens is 1. The maximum Gasteiger partial charge on any atom is 0.171 e. The number of hydrogen-bond donors (Lipinski definition) is 0. The van der Waals surface area contributed by atoms with Crippen LogP contribution in [-0.2, 0) is 4.74 Å². The maximum atomic E-state index is 5.91. The fourth-order valence-electron chi connectivity index (χ4n) is 2.23. The molecule has 1 fully saturated rings. The van der Waals surface area contributed by atoms with Crippen molar-refractivity contribution in [2.75, 3.05) is 19.8 Å². The minimum Gasteiger partial charge on any atom is -0.490 e. The summed E-state index contributed by atoms with van der Waals surface area (Å²) in [5.74, 6) is 1.53. The molecule has 100 valence electrons. The predicted molar refractivity (Wildman–Crippen MR) is 72.1 cm³/mol. The molecule has 1 saturated heterocycles. The summed E-state index contributed by atoms with van der Waals surface area (Å²) in [6.45, 7) is 2.59. The van der Waals surface area contributed by atoms with Crippen molar-refractivity contribution in [3.05, 3.63) is 23.5 Å². The van der Waals surface area contributed by atoms with Crippen molar-refractivity contribution in [2.45, 2.75) is 32.1 Å². The maximum absolute atomic E-state index is 5.91. The van der Waals surface area contributed by atoms with Crippen molar-refractivity contribution in [1.82, 2.24) is 4.98 Å². The molecular formula is C14H20ClNO2. The molecule has 0 N–H and O–H groups in total. The summed E-state index contributed by atoms with van der Waals surface area (Å²) in [5.41, 5.74) is 0. The van der Waals surface area contributed by atoms with Gasteiger partial charge in [0.1, 0.15) is 0 Å². The molecule has 0 unspecified atom stereocenters. The highest BCUT2D eigenvalue weighted by Crippen LogP contribution is 2.22. The van der Waals surface area contributed by atoms with Gasteiger partial charge in [0.2, 0.25) is 0 Å². The van der Waals surface area contributed by atoms with Crippen LogP contribution in [0, 0.1) is 5.92 Å². The quantitative estimate of drug-likeness (QED) is 0.583. The lowest BCUT2D eigenvalue weighted by atomic mass is 9.94. The Morgan fingerprint density at radius 3 is 2.94 bits per heavy atom. The molecule has 0 aromatic carbocycles. The van der Waals surface area contributed by atoms with E-state index in [4.69, 9.17) is 21.1 Å². The van der Waals surface area contributed by atoms with Crippen molar-refractivity contribution in [3.8, 4) is 5.75 Å². The van der Waals surface area contributed by atoms with Crippen LogP contribution in [0.2, 0.25) is 5.15 Å². The van der Waals surface area contributed by atoms with Crippen LogP contribution in [0.5, 0.6) is 5.75 Å². The molecule has 18 heavy (non-hydrogen) atoms. The summed E-state index contributed by atoms with van der Waals surface area (Å²) in [6, 6.07) is 3.69. The third kappa shape index (κ3) is 4.46. The number of pyridine rings is 1. The normalized spacial score (nSPS) is 16.7. The molecule has 0 radical (unpaired) electrons. The lowest BCUT2D eigenvalue weighted by Gasteiger charge is -2.21. The smallest absolute Gasteiger partial charge is 0.171 e. The van der Waals surface area contributed by atoms with Gasteiger partial charge in [0.25, 0.3) is 0 Å². The van der Waals surface area contributed by atoms with Gasteiger partial charge in [0.15, 0.2) is 10.9 Å². The molecule has 4 heteroatoms. The first-order valence-corrected chi connectivity index (χ1v) is 7.05. The van der Waals surface area contributed by atoms with Crippen LogP contribution in [0.1, 0.15) is 32.1 Å². The second-order valence-electron chi connectivity index (χ2n) is 4.69. The molecule has 1 aromatic rings. The topological polar surface area (TPSA) is 31.4 Å². The number of ether oxygens (including phenoxy) is 2. The van der Waals surface area contributed by atoms with Gasteiger partial charge in [-0.2, -0.15) is 0 Å². The van der Waals surface area contributed by atoms with Gasteiger partial charge >= 0.3 is 0 Å². The van der Waals surface area contributed by atoms with Crippen molar-refractivity contribution in [2.24, 2.45) is 5.92 Å². The fraction of sp³-hybridized carbons (Fsp3) is 0.643. The van der Waals surface area contributed by atoms with Crippen molar-refractivity contribution in [3.63, 3.8) is 0 Å². The molecule has 1 aromatic heterocycles. The van der Waals surface area contributed by atoms with Crippen LogP contribution in [0.15, 0.2) is 18.3 Å². The lowest BCUT2D eigenvalue weighted by molar-refractivity contribution is 0.0628. The second kappa shape index (κ2) is 7.59. The Kier molecular flexibility index (Phi) is 5.75. The van der Waals surface area contributed by atoms with E-state index >= 15 is 0 Å². The van der Waals surface area contributed by atoms with Crippen LogP contribution < -0.4 is 4.74 Å². The molecule has 0 bridgehead atoms. The van der Waals surface area contributed by atoms with E-state index in [0.717, 1.165) is 25.6 Å². The van der Waals surface area contributed by atoms with Gasteiger partial charge in [0, 0.05) is 19.4 Å². The highest BCUT2D eigenvalue weighted by Gasteiger charge is 2.12. The van der Waals surface area contributed by atoms with Gasteiger partial charge in [0.05, 0.1) is 6.61 Å². The van der Waals surface area contributed by atoms with E-state index < -0.39 is 0 Å². The predicted octanol–water partition coefficient (Wildman–Crippen LogP) is 3.71. The Labute approximate surface area is 113 Å². The zero-order valence-corrected chi connectivity index (χ0v) is 11.4. The standard InChI is InChI=1S/C14H20ClNO2/c15-14-13(5-3-8-16-14)18-9-2-1-4-12-6-10-17-11-7-12/h3,5,8,12H,1-2,4,6-7,9-11H2. The molecular weight excluding hydrogens is 250 g/mol. The molecule has 0 spiro atoms. The zero-order chi connectivity index (χ0) is 12.6. The highest BCUT2D eigenvalue weighted by molar-refractivity contribution is 6.30. The third-order valence-electron chi connectivity index (χ3n) is 3.33. The Hall–Kier alpha value is -0.800. The number of hydrogen-bond acceptors (Lipinski definition) is 3. The number of aromatic nitrogens is 1. The van der Waals surface area contributed by atoms with Crippen molar-refractivity contribution < 1.29 is 9.47 Å². The molecule has 0 amide bonds. The van der Waals surface area contributed by atoms with Crippen LogP contribution in [0.3, 0.4) is 0 Å². The highest BCUT2D eigenvalue weighted by atomic mass is 35.5. The number of rotatable bonds is 6. The Morgan fingerprint density at radius 1 is 1.33 bits per heavy atom. The van der Waals surface area contributed by atoms with E-state index in [1.165, 1.54) is 25.7 Å². The zero-order valence-electron chi connectivity index (χ0n) is 10.6. The summed E-state index contributed by atoms with van der Waals surface area (Å²) in [6.07, 6.45) is 7.67. The van der Waals surface area contributed by atoms with Gasteiger partial charge in [-0.05, 0) is 43.7 Å². The van der Waals surface area contributed by atoms with E-state index in [0.29, 0.717) is 17.5 Å². The van der Waals surface area contributed by atoms with E-state index in [-0.39, 0.29) is 0 Å². The van der Waals surface area contributed by atoms with Crippen LogP contribution in [0.4, 0.5) is 0 Å². The summed E-state index contributed by atoms with van der Waals surface area (Å²) in [7, 11) is 0. The minimum absolute atomic E-state index is 0.446. The van der Waals surface area contributed by atoms with Gasteiger partial charge in [-0.1, -0.05) is 18.0 Å². The first-order valence-electron chi connectivity index (χ1n) is 6.67. The molecule has 1 aliphatic rings. The largest absolute Gasteiger partial charge is 0.490 e. The van der Waals surface area contributed by atoms with Gasteiger partial charge in [-0.3, -0.25) is 0 Å². The van der Waals surface area contributed by atoms with Crippen molar-refractivity contribution >= 4 is 11.6 Å². The van der Waals surface area contributed by atoms with Gasteiger partial charge in [-0.15, -0.1) is 0 Å². The van der Waals surface area contributed by atoms with Gasteiger partial charge < -0.3 is 9.47 Å². The Morgan fingerprint density at radius 2 is 2.17 bits per heavy atom. The van der Waals surface area contributed by atoms with E-state index in [2.05, 4.69) is 4.98 Å². The average Bonchev–Trinajstić information content (AvgIpc) is 2.42. The van der Waals surface area contributed by atoms with Crippen LogP contribution in [0.25, 0.3) is 0 Å². The van der Waals surface area contributed by atoms with E-state index in [1.54, 1.807) is 6.20 Å². The van der Waals surface area contributed by atoms with E-state index in [9.17, 15) is 0 Å².